The van der Waals surface area contributed by atoms with Crippen molar-refractivity contribution in [1.29, 1.82) is 0 Å². The quantitative estimate of drug-likeness (QED) is 0.682. The first-order valence-corrected chi connectivity index (χ1v) is 7.70. The Labute approximate surface area is 136 Å². The number of ether oxygens (including phenoxy) is 1. The normalized spacial score (nSPS) is 11.6. The van der Waals surface area contributed by atoms with Crippen molar-refractivity contribution in [3.8, 4) is 0 Å². The lowest BCUT2D eigenvalue weighted by Gasteiger charge is -2.14. The number of nitrogens with one attached hydrogen (secondary N) is 2. The molecule has 0 saturated heterocycles. The third-order valence-electron chi connectivity index (χ3n) is 3.07. The molecule has 0 aliphatic carbocycles. The Kier molecular flexibility index (Phi) is 8.42. The van der Waals surface area contributed by atoms with E-state index in [0.717, 1.165) is 11.8 Å². The molecule has 126 valence electrons. The van der Waals surface area contributed by atoms with Gasteiger partial charge in [-0.25, -0.2) is 4.79 Å². The van der Waals surface area contributed by atoms with E-state index in [1.807, 2.05) is 44.2 Å². The molecule has 0 aliphatic rings. The maximum absolute atomic E-state index is 11.7. The number of hydrogen-bond acceptors (Lipinski definition) is 4. The molecule has 1 atom stereocenters. The number of carbonyl (C=O) groups is 3. The summed E-state index contributed by atoms with van der Waals surface area (Å²) in [5.74, 6) is 0.0442. The van der Waals surface area contributed by atoms with Gasteiger partial charge >= 0.3 is 6.09 Å². The first-order valence-electron chi connectivity index (χ1n) is 7.70. The molecule has 0 fully saturated rings. The molecule has 0 unspecified atom stereocenters. The molecule has 0 saturated carbocycles. The van der Waals surface area contributed by atoms with Crippen LogP contribution >= 0.6 is 0 Å². The van der Waals surface area contributed by atoms with Gasteiger partial charge in [-0.05, 0) is 17.9 Å². The van der Waals surface area contributed by atoms with Crippen LogP contribution in [0, 0.1) is 5.92 Å². The van der Waals surface area contributed by atoms with E-state index < -0.39 is 12.1 Å². The van der Waals surface area contributed by atoms with Crippen molar-refractivity contribution in [2.45, 2.75) is 39.3 Å². The maximum atomic E-state index is 11.7. The number of hydrogen-bond donors (Lipinski definition) is 2. The van der Waals surface area contributed by atoms with Crippen molar-refractivity contribution >= 4 is 18.3 Å². The van der Waals surface area contributed by atoms with Gasteiger partial charge in [-0.15, -0.1) is 0 Å². The average Bonchev–Trinajstić information content (AvgIpc) is 2.52. The van der Waals surface area contributed by atoms with Crippen molar-refractivity contribution in [3.05, 3.63) is 35.9 Å². The number of amides is 2. The summed E-state index contributed by atoms with van der Waals surface area (Å²) in [5, 5.41) is 5.14. The lowest BCUT2D eigenvalue weighted by Crippen LogP contribution is -2.38. The lowest BCUT2D eigenvalue weighted by atomic mass is 10.0. The Morgan fingerprint density at radius 3 is 2.52 bits per heavy atom. The highest BCUT2D eigenvalue weighted by Gasteiger charge is 2.13. The van der Waals surface area contributed by atoms with Gasteiger partial charge in [0.1, 0.15) is 12.9 Å². The minimum Gasteiger partial charge on any atom is -0.445 e. The summed E-state index contributed by atoms with van der Waals surface area (Å²) in [6, 6.07) is 8.84. The van der Waals surface area contributed by atoms with Crippen LogP contribution in [-0.2, 0) is 20.9 Å². The molecule has 6 heteroatoms. The fourth-order valence-corrected chi connectivity index (χ4v) is 1.99. The molecule has 1 aromatic rings. The smallest absolute Gasteiger partial charge is 0.407 e. The highest BCUT2D eigenvalue weighted by Crippen LogP contribution is 2.03. The molecule has 1 aromatic carbocycles. The molecule has 6 nitrogen and oxygen atoms in total. The molecule has 0 aromatic heterocycles. The number of carbonyl (C=O) groups excluding carboxylic acids is 3. The lowest BCUT2D eigenvalue weighted by molar-refractivity contribution is -0.124. The number of benzene rings is 1. The molecule has 2 amide bonds. The number of alkyl carbamates (subject to hydrolysis) is 1. The zero-order valence-electron chi connectivity index (χ0n) is 13.6. The third-order valence-corrected chi connectivity index (χ3v) is 3.07. The van der Waals surface area contributed by atoms with Gasteiger partial charge in [-0.2, -0.15) is 0 Å². The fraction of sp³-hybridized carbons (Fsp3) is 0.471. The molecule has 1 rings (SSSR count). The summed E-state index contributed by atoms with van der Waals surface area (Å²) < 4.78 is 5.03. The highest BCUT2D eigenvalue weighted by atomic mass is 16.5. The molecule has 23 heavy (non-hydrogen) atoms. The molecule has 0 heterocycles. The second-order valence-corrected chi connectivity index (χ2v) is 5.68. The summed E-state index contributed by atoms with van der Waals surface area (Å²) in [5.41, 5.74) is 0.892. The monoisotopic (exact) mass is 320 g/mol. The standard InChI is InChI=1S/C17H24N2O4/c1-13(2)10-15(11-20)19-16(21)8-9-18-17(22)23-12-14-6-4-3-5-7-14/h3-7,11,13,15H,8-10,12H2,1-2H3,(H,18,22)(H,19,21)/t15-/m0/s1. The van der Waals surface area contributed by atoms with Gasteiger partial charge in [0.05, 0.1) is 6.04 Å². The van der Waals surface area contributed by atoms with E-state index >= 15 is 0 Å². The van der Waals surface area contributed by atoms with Crippen LogP contribution in [0.1, 0.15) is 32.3 Å². The predicted octanol–water partition coefficient (Wildman–Crippen LogP) is 2.03. The van der Waals surface area contributed by atoms with Gasteiger partial charge in [-0.3, -0.25) is 4.79 Å². The van der Waals surface area contributed by atoms with Gasteiger partial charge in [0.15, 0.2) is 0 Å². The van der Waals surface area contributed by atoms with E-state index in [-0.39, 0.29) is 25.5 Å². The van der Waals surface area contributed by atoms with E-state index in [4.69, 9.17) is 4.74 Å². The number of rotatable bonds is 9. The molecular formula is C17H24N2O4. The van der Waals surface area contributed by atoms with Gasteiger partial charge < -0.3 is 20.2 Å². The van der Waals surface area contributed by atoms with Crippen LogP contribution in [0.3, 0.4) is 0 Å². The van der Waals surface area contributed by atoms with Crippen LogP contribution in [0.15, 0.2) is 30.3 Å². The first-order chi connectivity index (χ1) is 11.0. The van der Waals surface area contributed by atoms with E-state index in [2.05, 4.69) is 10.6 Å². The SMILES string of the molecule is CC(C)C[C@@H](C=O)NC(=O)CCNC(=O)OCc1ccccc1. The van der Waals surface area contributed by atoms with E-state index in [0.29, 0.717) is 12.3 Å². The maximum Gasteiger partial charge on any atom is 0.407 e. The van der Waals surface area contributed by atoms with Gasteiger partial charge in [-0.1, -0.05) is 44.2 Å². The van der Waals surface area contributed by atoms with E-state index in [1.54, 1.807) is 0 Å². The molecule has 0 aliphatic heterocycles. The van der Waals surface area contributed by atoms with Gasteiger partial charge in [0.25, 0.3) is 0 Å². The van der Waals surface area contributed by atoms with Crippen LogP contribution in [0.25, 0.3) is 0 Å². The number of aldehydes is 1. The van der Waals surface area contributed by atoms with Gasteiger partial charge in [0.2, 0.25) is 5.91 Å². The Hall–Kier alpha value is -2.37. The minimum atomic E-state index is -0.573. The summed E-state index contributed by atoms with van der Waals surface area (Å²) in [6.45, 7) is 4.30. The Morgan fingerprint density at radius 1 is 1.22 bits per heavy atom. The van der Waals surface area contributed by atoms with Crippen molar-refractivity contribution in [1.82, 2.24) is 10.6 Å². The first kappa shape index (κ1) is 18.7. The predicted molar refractivity (Wildman–Crippen MR) is 86.7 cm³/mol. The molecule has 0 radical (unpaired) electrons. The second-order valence-electron chi connectivity index (χ2n) is 5.68. The van der Waals surface area contributed by atoms with E-state index in [9.17, 15) is 14.4 Å². The Morgan fingerprint density at radius 2 is 1.91 bits per heavy atom. The molecule has 2 N–H and O–H groups in total. The van der Waals surface area contributed by atoms with Crippen molar-refractivity contribution in [3.63, 3.8) is 0 Å². The highest BCUT2D eigenvalue weighted by molar-refractivity contribution is 5.80. The molecule has 0 bridgehead atoms. The molecule has 0 spiro atoms. The average molecular weight is 320 g/mol. The van der Waals surface area contributed by atoms with Gasteiger partial charge in [0, 0.05) is 13.0 Å². The van der Waals surface area contributed by atoms with Crippen LogP contribution < -0.4 is 10.6 Å². The largest absolute Gasteiger partial charge is 0.445 e. The van der Waals surface area contributed by atoms with Crippen molar-refractivity contribution in [2.24, 2.45) is 5.92 Å². The summed E-state index contributed by atoms with van der Waals surface area (Å²) >= 11 is 0. The van der Waals surface area contributed by atoms with Crippen LogP contribution in [0.5, 0.6) is 0 Å². The summed E-state index contributed by atoms with van der Waals surface area (Å²) in [4.78, 5) is 34.1. The van der Waals surface area contributed by atoms with E-state index in [1.165, 1.54) is 0 Å². The molecular weight excluding hydrogens is 296 g/mol. The third kappa shape index (κ3) is 8.60. The van der Waals surface area contributed by atoms with Crippen LogP contribution in [0.4, 0.5) is 4.79 Å². The van der Waals surface area contributed by atoms with Crippen molar-refractivity contribution in [2.75, 3.05) is 6.54 Å². The minimum absolute atomic E-state index is 0.100. The second kappa shape index (κ2) is 10.4. The Balaban J connectivity index is 2.18. The zero-order chi connectivity index (χ0) is 17.1. The topological polar surface area (TPSA) is 84.5 Å². The fourth-order valence-electron chi connectivity index (χ4n) is 1.99. The van der Waals surface area contributed by atoms with Crippen molar-refractivity contribution < 1.29 is 19.1 Å². The Bertz CT molecular complexity index is 503. The summed E-state index contributed by atoms with van der Waals surface area (Å²) in [7, 11) is 0. The van der Waals surface area contributed by atoms with Crippen LogP contribution in [-0.4, -0.2) is 30.9 Å². The van der Waals surface area contributed by atoms with Crippen LogP contribution in [0.2, 0.25) is 0 Å². The zero-order valence-corrected chi connectivity index (χ0v) is 13.6. The summed E-state index contributed by atoms with van der Waals surface area (Å²) in [6.07, 6.45) is 0.861.